The summed E-state index contributed by atoms with van der Waals surface area (Å²) in [6.07, 6.45) is 5.41. The summed E-state index contributed by atoms with van der Waals surface area (Å²) in [7, 11) is 2.14. The van der Waals surface area contributed by atoms with Crippen LogP contribution in [0.1, 0.15) is 0 Å². The number of likely N-dealkylation sites (N-methyl/N-ethyl adjacent to an activating group) is 1. The number of piperazine rings is 1. The maximum Gasteiger partial charge on any atom is 0.225 e. The molecule has 3 heterocycles. The van der Waals surface area contributed by atoms with Crippen LogP contribution in [0.4, 0.5) is 5.95 Å². The second kappa shape index (κ2) is 4.73. The topological polar surface area (TPSA) is 60.9 Å². The zero-order valence-electron chi connectivity index (χ0n) is 10.4. The first-order valence-corrected chi connectivity index (χ1v) is 6.08. The Kier molecular flexibility index (Phi) is 2.93. The summed E-state index contributed by atoms with van der Waals surface area (Å²) in [5.74, 6) is 0.811. The minimum atomic E-state index is 0.811. The zero-order chi connectivity index (χ0) is 12.4. The average Bonchev–Trinajstić information content (AvgIpc) is 2.94. The lowest BCUT2D eigenvalue weighted by molar-refractivity contribution is 0.311. The first-order valence-electron chi connectivity index (χ1n) is 6.08. The van der Waals surface area contributed by atoms with E-state index in [4.69, 9.17) is 0 Å². The van der Waals surface area contributed by atoms with Gasteiger partial charge >= 0.3 is 0 Å². The van der Waals surface area contributed by atoms with Crippen molar-refractivity contribution in [1.82, 2.24) is 25.1 Å². The molecule has 0 bridgehead atoms. The fourth-order valence-electron chi connectivity index (χ4n) is 2.05. The van der Waals surface area contributed by atoms with Gasteiger partial charge in [0, 0.05) is 50.3 Å². The lowest BCUT2D eigenvalue weighted by Crippen LogP contribution is -2.45. The van der Waals surface area contributed by atoms with Crippen LogP contribution in [0.2, 0.25) is 0 Å². The maximum absolute atomic E-state index is 4.43. The molecule has 2 aromatic rings. The van der Waals surface area contributed by atoms with E-state index in [0.717, 1.165) is 43.4 Å². The lowest BCUT2D eigenvalue weighted by atomic mass is 10.2. The van der Waals surface area contributed by atoms with E-state index < -0.39 is 0 Å². The quantitative estimate of drug-likeness (QED) is 0.839. The molecular weight excluding hydrogens is 228 g/mol. The molecule has 2 aromatic heterocycles. The Morgan fingerprint density at radius 1 is 1.11 bits per heavy atom. The number of hydrogen-bond acceptors (Lipinski definition) is 5. The standard InChI is InChI=1S/C12H16N6/c1-17-4-6-18(7-5-17)12-13-8-10(9-14-12)11-2-3-15-16-11/h2-3,8-9H,4-7H2,1H3,(H,15,16). The third-order valence-corrected chi connectivity index (χ3v) is 3.24. The normalized spacial score (nSPS) is 17.1. The predicted molar refractivity (Wildman–Crippen MR) is 69.3 cm³/mol. The van der Waals surface area contributed by atoms with Gasteiger partial charge in [0.2, 0.25) is 5.95 Å². The molecule has 0 aliphatic carbocycles. The van der Waals surface area contributed by atoms with Crippen molar-refractivity contribution in [1.29, 1.82) is 0 Å². The molecule has 6 nitrogen and oxygen atoms in total. The Balaban J connectivity index is 1.75. The van der Waals surface area contributed by atoms with E-state index in [1.54, 1.807) is 6.20 Å². The van der Waals surface area contributed by atoms with Crippen LogP contribution in [0.5, 0.6) is 0 Å². The van der Waals surface area contributed by atoms with Crippen LogP contribution in [0.25, 0.3) is 11.3 Å². The summed E-state index contributed by atoms with van der Waals surface area (Å²) in [5.41, 5.74) is 1.91. The summed E-state index contributed by atoms with van der Waals surface area (Å²) in [6.45, 7) is 4.09. The van der Waals surface area contributed by atoms with Crippen LogP contribution in [-0.2, 0) is 0 Å². The monoisotopic (exact) mass is 244 g/mol. The van der Waals surface area contributed by atoms with Gasteiger partial charge < -0.3 is 9.80 Å². The van der Waals surface area contributed by atoms with E-state index in [1.807, 2.05) is 18.5 Å². The number of nitrogens with zero attached hydrogens (tertiary/aromatic N) is 5. The molecule has 0 saturated carbocycles. The van der Waals surface area contributed by atoms with Crippen LogP contribution in [-0.4, -0.2) is 58.3 Å². The summed E-state index contributed by atoms with van der Waals surface area (Å²) in [4.78, 5) is 13.4. The van der Waals surface area contributed by atoms with Gasteiger partial charge in [0.05, 0.1) is 5.69 Å². The minimum absolute atomic E-state index is 0.811. The predicted octanol–water partition coefficient (Wildman–Crippen LogP) is 0.618. The highest BCUT2D eigenvalue weighted by Crippen LogP contribution is 2.16. The lowest BCUT2D eigenvalue weighted by Gasteiger charge is -2.32. The Hall–Kier alpha value is -1.95. The van der Waals surface area contributed by atoms with E-state index in [-0.39, 0.29) is 0 Å². The molecule has 18 heavy (non-hydrogen) atoms. The van der Waals surface area contributed by atoms with Gasteiger partial charge in [-0.3, -0.25) is 5.10 Å². The van der Waals surface area contributed by atoms with Crippen molar-refractivity contribution < 1.29 is 0 Å². The van der Waals surface area contributed by atoms with Crippen molar-refractivity contribution in [3.8, 4) is 11.3 Å². The smallest absolute Gasteiger partial charge is 0.225 e. The highest BCUT2D eigenvalue weighted by Gasteiger charge is 2.16. The van der Waals surface area contributed by atoms with Crippen LogP contribution < -0.4 is 4.90 Å². The highest BCUT2D eigenvalue weighted by molar-refractivity contribution is 5.56. The number of hydrogen-bond donors (Lipinski definition) is 1. The SMILES string of the molecule is CN1CCN(c2ncc(-c3ccn[nH]3)cn2)CC1. The second-order valence-corrected chi connectivity index (χ2v) is 4.53. The van der Waals surface area contributed by atoms with Crippen molar-refractivity contribution in [2.24, 2.45) is 0 Å². The molecule has 0 aromatic carbocycles. The van der Waals surface area contributed by atoms with Crippen molar-refractivity contribution in [3.63, 3.8) is 0 Å². The molecule has 3 rings (SSSR count). The Morgan fingerprint density at radius 2 is 1.83 bits per heavy atom. The van der Waals surface area contributed by atoms with E-state index in [2.05, 4.69) is 37.0 Å². The minimum Gasteiger partial charge on any atom is -0.338 e. The first-order chi connectivity index (χ1) is 8.83. The van der Waals surface area contributed by atoms with Crippen molar-refractivity contribution >= 4 is 5.95 Å². The van der Waals surface area contributed by atoms with Gasteiger partial charge in [0.1, 0.15) is 0 Å². The van der Waals surface area contributed by atoms with Crippen LogP contribution in [0.3, 0.4) is 0 Å². The van der Waals surface area contributed by atoms with Crippen LogP contribution in [0, 0.1) is 0 Å². The molecule has 1 N–H and O–H groups in total. The molecular formula is C12H16N6. The number of anilines is 1. The van der Waals surface area contributed by atoms with Crippen molar-refractivity contribution in [2.75, 3.05) is 38.1 Å². The van der Waals surface area contributed by atoms with E-state index in [1.165, 1.54) is 0 Å². The first kappa shape index (κ1) is 11.2. The van der Waals surface area contributed by atoms with Crippen molar-refractivity contribution in [2.45, 2.75) is 0 Å². The van der Waals surface area contributed by atoms with E-state index in [0.29, 0.717) is 0 Å². The summed E-state index contributed by atoms with van der Waals surface area (Å²) in [5, 5.41) is 6.83. The maximum atomic E-state index is 4.43. The van der Waals surface area contributed by atoms with Crippen LogP contribution >= 0.6 is 0 Å². The average molecular weight is 244 g/mol. The van der Waals surface area contributed by atoms with Crippen molar-refractivity contribution in [3.05, 3.63) is 24.7 Å². The van der Waals surface area contributed by atoms with Gasteiger partial charge in [0.15, 0.2) is 0 Å². The summed E-state index contributed by atoms with van der Waals surface area (Å²) in [6, 6.07) is 1.91. The van der Waals surface area contributed by atoms with Gasteiger partial charge in [-0.2, -0.15) is 5.10 Å². The Morgan fingerprint density at radius 3 is 2.44 bits per heavy atom. The zero-order valence-corrected chi connectivity index (χ0v) is 10.4. The second-order valence-electron chi connectivity index (χ2n) is 4.53. The Bertz CT molecular complexity index is 484. The number of aromatic nitrogens is 4. The van der Waals surface area contributed by atoms with E-state index >= 15 is 0 Å². The van der Waals surface area contributed by atoms with Gasteiger partial charge in [-0.05, 0) is 13.1 Å². The van der Waals surface area contributed by atoms with E-state index in [9.17, 15) is 0 Å². The molecule has 1 aliphatic heterocycles. The number of rotatable bonds is 2. The van der Waals surface area contributed by atoms with Crippen LogP contribution in [0.15, 0.2) is 24.7 Å². The Labute approximate surface area is 106 Å². The third-order valence-electron chi connectivity index (χ3n) is 3.24. The van der Waals surface area contributed by atoms with Gasteiger partial charge in [-0.1, -0.05) is 0 Å². The fourth-order valence-corrected chi connectivity index (χ4v) is 2.05. The molecule has 1 saturated heterocycles. The largest absolute Gasteiger partial charge is 0.338 e. The molecule has 0 amide bonds. The summed E-state index contributed by atoms with van der Waals surface area (Å²) >= 11 is 0. The molecule has 1 aliphatic rings. The highest BCUT2D eigenvalue weighted by atomic mass is 15.3. The summed E-state index contributed by atoms with van der Waals surface area (Å²) < 4.78 is 0. The molecule has 0 atom stereocenters. The van der Waals surface area contributed by atoms with Gasteiger partial charge in [-0.15, -0.1) is 0 Å². The number of aromatic amines is 1. The molecule has 0 spiro atoms. The fraction of sp³-hybridized carbons (Fsp3) is 0.417. The van der Waals surface area contributed by atoms with Gasteiger partial charge in [-0.25, -0.2) is 9.97 Å². The third kappa shape index (κ3) is 2.19. The molecule has 94 valence electrons. The molecule has 1 fully saturated rings. The number of nitrogens with one attached hydrogen (secondary N) is 1. The molecule has 0 unspecified atom stereocenters. The molecule has 0 radical (unpaired) electrons. The number of H-pyrrole nitrogens is 1. The van der Waals surface area contributed by atoms with Gasteiger partial charge in [0.25, 0.3) is 0 Å². The molecule has 6 heteroatoms.